The summed E-state index contributed by atoms with van der Waals surface area (Å²) < 4.78 is 2.21. The summed E-state index contributed by atoms with van der Waals surface area (Å²) in [4.78, 5) is 15.0. The molecule has 1 aromatic carbocycles. The van der Waals surface area contributed by atoms with Crippen LogP contribution in [0.15, 0.2) is 24.3 Å². The summed E-state index contributed by atoms with van der Waals surface area (Å²) in [6, 6.07) is 8.15. The van der Waals surface area contributed by atoms with E-state index in [4.69, 9.17) is 12.2 Å². The lowest BCUT2D eigenvalue weighted by atomic mass is 10.00. The molecule has 7 heteroatoms. The predicted molar refractivity (Wildman–Crippen MR) is 110 cm³/mol. The van der Waals surface area contributed by atoms with Gasteiger partial charge in [-0.3, -0.25) is 14.5 Å². The average Bonchev–Trinajstić information content (AvgIpc) is 2.96. The van der Waals surface area contributed by atoms with Gasteiger partial charge in [-0.1, -0.05) is 36.8 Å². The fraction of sp³-hybridized carbons (Fsp3) is 0.550. The molecule has 1 saturated heterocycles. The summed E-state index contributed by atoms with van der Waals surface area (Å²) in [6.07, 6.45) is 2.55. The monoisotopic (exact) mass is 387 g/mol. The highest BCUT2D eigenvalue weighted by atomic mass is 32.1. The number of aromatic nitrogens is 3. The molecule has 146 valence electrons. The molecule has 0 spiro atoms. The van der Waals surface area contributed by atoms with Crippen LogP contribution in [0.2, 0.25) is 0 Å². The highest BCUT2D eigenvalue weighted by Gasteiger charge is 2.19. The number of hydrogen-bond acceptors (Lipinski definition) is 4. The van der Waals surface area contributed by atoms with Gasteiger partial charge >= 0.3 is 0 Å². The van der Waals surface area contributed by atoms with Crippen LogP contribution in [0.5, 0.6) is 0 Å². The molecule has 3 rings (SSSR count). The van der Waals surface area contributed by atoms with Crippen LogP contribution in [0.25, 0.3) is 11.4 Å². The summed E-state index contributed by atoms with van der Waals surface area (Å²) in [5, 5.41) is 10.2. The molecule has 2 atom stereocenters. The van der Waals surface area contributed by atoms with Gasteiger partial charge in [-0.15, -0.1) is 0 Å². The Kier molecular flexibility index (Phi) is 6.44. The number of aryl methyl sites for hydroxylation is 1. The first-order valence-corrected chi connectivity index (χ1v) is 10.1. The number of benzene rings is 1. The molecule has 1 amide bonds. The lowest BCUT2D eigenvalue weighted by molar-refractivity contribution is -0.122. The normalized spacial score (nSPS) is 19.0. The van der Waals surface area contributed by atoms with Crippen LogP contribution in [-0.2, 0) is 11.3 Å². The van der Waals surface area contributed by atoms with E-state index in [2.05, 4.69) is 34.3 Å². The van der Waals surface area contributed by atoms with E-state index in [0.717, 1.165) is 31.1 Å². The lowest BCUT2D eigenvalue weighted by Crippen LogP contribution is -2.45. The molecule has 0 bridgehead atoms. The number of aromatic amines is 1. The third-order valence-electron chi connectivity index (χ3n) is 5.05. The van der Waals surface area contributed by atoms with Gasteiger partial charge in [-0.05, 0) is 51.4 Å². The minimum atomic E-state index is -0.0431. The van der Waals surface area contributed by atoms with Crippen LogP contribution in [-0.4, -0.2) is 51.2 Å². The van der Waals surface area contributed by atoms with Gasteiger partial charge in [0.15, 0.2) is 10.6 Å². The molecular weight excluding hydrogens is 358 g/mol. The highest BCUT2D eigenvalue weighted by Crippen LogP contribution is 2.18. The van der Waals surface area contributed by atoms with Crippen molar-refractivity contribution in [3.8, 4) is 11.4 Å². The van der Waals surface area contributed by atoms with Crippen LogP contribution < -0.4 is 5.32 Å². The Balaban J connectivity index is 1.61. The third kappa shape index (κ3) is 5.26. The van der Waals surface area contributed by atoms with Crippen molar-refractivity contribution in [1.82, 2.24) is 25.0 Å². The number of carbonyl (C=O) groups excluding carboxylic acids is 1. The zero-order valence-electron chi connectivity index (χ0n) is 16.4. The molecule has 1 fully saturated rings. The van der Waals surface area contributed by atoms with Crippen molar-refractivity contribution >= 4 is 18.1 Å². The summed E-state index contributed by atoms with van der Waals surface area (Å²) >= 11 is 5.33. The van der Waals surface area contributed by atoms with E-state index in [1.54, 1.807) is 4.57 Å². The molecule has 2 heterocycles. The van der Waals surface area contributed by atoms with Gasteiger partial charge in [-0.25, -0.2) is 0 Å². The number of nitrogens with one attached hydrogen (secondary N) is 2. The van der Waals surface area contributed by atoms with Crippen molar-refractivity contribution in [2.45, 2.75) is 46.2 Å². The number of rotatable bonds is 6. The summed E-state index contributed by atoms with van der Waals surface area (Å²) in [5.74, 6) is 1.38. The minimum absolute atomic E-state index is 0.0431. The van der Waals surface area contributed by atoms with Crippen molar-refractivity contribution in [3.05, 3.63) is 34.6 Å². The molecule has 2 N–H and O–H groups in total. The second-order valence-corrected chi connectivity index (χ2v) is 8.17. The molecule has 1 aliphatic heterocycles. The van der Waals surface area contributed by atoms with Crippen LogP contribution in [0, 0.1) is 17.6 Å². The summed E-state index contributed by atoms with van der Waals surface area (Å²) in [7, 11) is 0. The quantitative estimate of drug-likeness (QED) is 0.748. The fourth-order valence-corrected chi connectivity index (χ4v) is 3.93. The Labute approximate surface area is 166 Å². The Hall–Kier alpha value is -1.99. The zero-order chi connectivity index (χ0) is 19.4. The molecule has 1 aromatic heterocycles. The topological polar surface area (TPSA) is 66.0 Å². The smallest absolute Gasteiger partial charge is 0.240 e. The largest absolute Gasteiger partial charge is 0.351 e. The first-order chi connectivity index (χ1) is 12.9. The summed E-state index contributed by atoms with van der Waals surface area (Å²) in [5.41, 5.74) is 2.12. The van der Waals surface area contributed by atoms with E-state index >= 15 is 0 Å². The third-order valence-corrected chi connectivity index (χ3v) is 5.36. The van der Waals surface area contributed by atoms with Crippen LogP contribution in [0.4, 0.5) is 0 Å². The molecule has 2 aromatic rings. The summed E-state index contributed by atoms with van der Waals surface area (Å²) in [6.45, 7) is 9.69. The number of H-pyrrole nitrogens is 1. The van der Waals surface area contributed by atoms with Gasteiger partial charge in [-0.2, -0.15) is 5.10 Å². The molecule has 1 aliphatic rings. The van der Waals surface area contributed by atoms with Crippen molar-refractivity contribution in [2.75, 3.05) is 19.6 Å². The Morgan fingerprint density at radius 1 is 1.41 bits per heavy atom. The van der Waals surface area contributed by atoms with E-state index < -0.39 is 0 Å². The second-order valence-electron chi connectivity index (χ2n) is 7.78. The predicted octanol–water partition coefficient (Wildman–Crippen LogP) is 3.15. The number of piperidine rings is 1. The van der Waals surface area contributed by atoms with Gasteiger partial charge in [0.05, 0.1) is 0 Å². The number of amides is 1. The van der Waals surface area contributed by atoms with Crippen LogP contribution in [0.1, 0.15) is 32.3 Å². The van der Waals surface area contributed by atoms with E-state index in [0.29, 0.717) is 10.6 Å². The van der Waals surface area contributed by atoms with Gasteiger partial charge in [0.2, 0.25) is 5.91 Å². The average molecular weight is 388 g/mol. The Bertz CT molecular complexity index is 826. The Morgan fingerprint density at radius 3 is 2.85 bits per heavy atom. The number of hydrogen-bond donors (Lipinski definition) is 2. The molecule has 6 nitrogen and oxygen atoms in total. The highest BCUT2D eigenvalue weighted by molar-refractivity contribution is 7.71. The zero-order valence-corrected chi connectivity index (χ0v) is 17.2. The number of nitrogens with zero attached hydrogens (tertiary/aromatic N) is 3. The van der Waals surface area contributed by atoms with Crippen LogP contribution >= 0.6 is 12.2 Å². The van der Waals surface area contributed by atoms with Crippen molar-refractivity contribution < 1.29 is 4.79 Å². The lowest BCUT2D eigenvalue weighted by Gasteiger charge is -2.32. The maximum atomic E-state index is 12.6. The van der Waals surface area contributed by atoms with Crippen molar-refractivity contribution in [1.29, 1.82) is 0 Å². The first kappa shape index (κ1) is 19.8. The fourth-order valence-electron chi connectivity index (χ4n) is 3.74. The maximum Gasteiger partial charge on any atom is 0.240 e. The molecular formula is C20H29N5OS. The molecule has 0 saturated carbocycles. The minimum Gasteiger partial charge on any atom is -0.351 e. The number of likely N-dealkylation sites (tertiary alicyclic amines) is 1. The Morgan fingerprint density at radius 2 is 2.15 bits per heavy atom. The van der Waals surface area contributed by atoms with E-state index in [1.807, 2.05) is 31.2 Å². The van der Waals surface area contributed by atoms with Gasteiger partial charge in [0, 0.05) is 24.7 Å². The van der Waals surface area contributed by atoms with Gasteiger partial charge in [0.25, 0.3) is 0 Å². The standard InChI is InChI=1S/C20H29N5OS/c1-14-6-8-17(9-7-14)19-22-23-20(27)25(19)13-18(26)21-16(3)12-24-10-4-5-15(2)11-24/h6-9,15-16H,4-5,10-13H2,1-3H3,(H,21,26)(H,23,27)/t15-,16-/m0/s1. The SMILES string of the molecule is Cc1ccc(-c2n[nH]c(=S)n2CC(=O)N[C@@H](C)CN2CCC[C@H](C)C2)cc1. The first-order valence-electron chi connectivity index (χ1n) is 9.66. The molecule has 0 radical (unpaired) electrons. The molecule has 0 unspecified atom stereocenters. The van der Waals surface area contributed by atoms with Crippen LogP contribution in [0.3, 0.4) is 0 Å². The maximum absolute atomic E-state index is 12.6. The van der Waals surface area contributed by atoms with Crippen molar-refractivity contribution in [3.63, 3.8) is 0 Å². The molecule has 27 heavy (non-hydrogen) atoms. The second kappa shape index (κ2) is 8.80. The van der Waals surface area contributed by atoms with Gasteiger partial charge in [0.1, 0.15) is 6.54 Å². The van der Waals surface area contributed by atoms with E-state index in [1.165, 1.54) is 18.4 Å². The molecule has 0 aliphatic carbocycles. The van der Waals surface area contributed by atoms with E-state index in [-0.39, 0.29) is 18.5 Å². The van der Waals surface area contributed by atoms with Crippen molar-refractivity contribution in [2.24, 2.45) is 5.92 Å². The van der Waals surface area contributed by atoms with E-state index in [9.17, 15) is 4.79 Å². The number of carbonyl (C=O) groups is 1. The van der Waals surface area contributed by atoms with Gasteiger partial charge < -0.3 is 10.2 Å².